The van der Waals surface area contributed by atoms with Crippen molar-refractivity contribution in [2.75, 3.05) is 35.2 Å². The first-order valence-electron chi connectivity index (χ1n) is 12.8. The first-order chi connectivity index (χ1) is 17.5. The molecule has 0 bridgehead atoms. The third-order valence-corrected chi connectivity index (χ3v) is 8.67. The number of carbonyl (C=O) groups excluding carboxylic acids is 1. The number of carbonyl (C=O) groups is 1. The minimum atomic E-state index is -0.266. The van der Waals surface area contributed by atoms with E-state index in [2.05, 4.69) is 52.1 Å². The summed E-state index contributed by atoms with van der Waals surface area (Å²) in [4.78, 5) is 26.5. The van der Waals surface area contributed by atoms with Crippen molar-refractivity contribution in [1.82, 2.24) is 9.97 Å². The maximum absolute atomic E-state index is 13.4. The number of anilines is 3. The van der Waals surface area contributed by atoms with Gasteiger partial charge in [0.1, 0.15) is 5.82 Å². The Hall–Kier alpha value is -3.92. The molecule has 7 nitrogen and oxygen atoms in total. The van der Waals surface area contributed by atoms with E-state index in [-0.39, 0.29) is 17.4 Å². The normalized spacial score (nSPS) is 20.1. The van der Waals surface area contributed by atoms with Gasteiger partial charge < -0.3 is 15.5 Å². The fourth-order valence-corrected chi connectivity index (χ4v) is 6.55. The molecule has 1 saturated heterocycles. The van der Waals surface area contributed by atoms with Crippen LogP contribution in [0.25, 0.3) is 0 Å². The molecule has 36 heavy (non-hydrogen) atoms. The van der Waals surface area contributed by atoms with E-state index < -0.39 is 0 Å². The van der Waals surface area contributed by atoms with E-state index in [1.165, 1.54) is 11.1 Å². The summed E-state index contributed by atoms with van der Waals surface area (Å²) in [7, 11) is 0. The van der Waals surface area contributed by atoms with Gasteiger partial charge in [0.25, 0.3) is 5.91 Å². The molecule has 2 N–H and O–H groups in total. The van der Waals surface area contributed by atoms with Crippen LogP contribution in [-0.4, -0.2) is 35.5 Å². The van der Waals surface area contributed by atoms with Gasteiger partial charge in [0.15, 0.2) is 11.5 Å². The first-order valence-corrected chi connectivity index (χ1v) is 12.8. The molecule has 3 aromatic rings. The topological polar surface area (TPSA) is 99.1 Å². The summed E-state index contributed by atoms with van der Waals surface area (Å²) < 4.78 is 0. The van der Waals surface area contributed by atoms with Crippen LogP contribution in [0.1, 0.15) is 64.8 Å². The number of amides is 1. The molecule has 6 rings (SSSR count). The SMILES string of the molecule is CC1c2ccccc2CC12CCN(c1cnc(C(=O)N3CCCc4c(C#N)cccc43)c(N)n1)CC2. The van der Waals surface area contributed by atoms with Gasteiger partial charge in [0.05, 0.1) is 17.8 Å². The number of nitrogens with two attached hydrogens (primary N) is 1. The Morgan fingerprint density at radius 2 is 1.94 bits per heavy atom. The van der Waals surface area contributed by atoms with Gasteiger partial charge in [0, 0.05) is 25.3 Å². The fourth-order valence-electron chi connectivity index (χ4n) is 6.55. The summed E-state index contributed by atoms with van der Waals surface area (Å²) in [5.74, 6) is 1.18. The second kappa shape index (κ2) is 8.63. The van der Waals surface area contributed by atoms with Gasteiger partial charge in [0.2, 0.25) is 0 Å². The molecule has 182 valence electrons. The highest BCUT2D eigenvalue weighted by Crippen LogP contribution is 2.53. The Morgan fingerprint density at radius 1 is 1.14 bits per heavy atom. The Labute approximate surface area is 211 Å². The molecular weight excluding hydrogens is 448 g/mol. The van der Waals surface area contributed by atoms with Crippen molar-refractivity contribution in [2.24, 2.45) is 5.41 Å². The average Bonchev–Trinajstić information content (AvgIpc) is 3.18. The number of benzene rings is 2. The molecule has 7 heteroatoms. The molecule has 0 radical (unpaired) electrons. The van der Waals surface area contributed by atoms with E-state index >= 15 is 0 Å². The van der Waals surface area contributed by atoms with Crippen LogP contribution in [0.2, 0.25) is 0 Å². The van der Waals surface area contributed by atoms with Gasteiger partial charge in [-0.1, -0.05) is 37.3 Å². The number of nitrogens with zero attached hydrogens (tertiary/aromatic N) is 5. The number of aromatic nitrogens is 2. The van der Waals surface area contributed by atoms with Gasteiger partial charge in [-0.2, -0.15) is 5.26 Å². The monoisotopic (exact) mass is 478 g/mol. The zero-order chi connectivity index (χ0) is 24.9. The Bertz CT molecular complexity index is 1380. The second-order valence-electron chi connectivity index (χ2n) is 10.4. The quantitative estimate of drug-likeness (QED) is 0.583. The minimum absolute atomic E-state index is 0.156. The molecular formula is C29H30N6O. The van der Waals surface area contributed by atoms with Crippen LogP contribution >= 0.6 is 0 Å². The van der Waals surface area contributed by atoms with Crippen molar-refractivity contribution in [2.45, 2.75) is 44.9 Å². The zero-order valence-electron chi connectivity index (χ0n) is 20.6. The molecule has 0 saturated carbocycles. The third kappa shape index (κ3) is 3.51. The summed E-state index contributed by atoms with van der Waals surface area (Å²) in [6.45, 7) is 4.74. The Balaban J connectivity index is 1.19. The lowest BCUT2D eigenvalue weighted by Gasteiger charge is -2.43. The molecule has 1 aliphatic carbocycles. The predicted molar refractivity (Wildman–Crippen MR) is 140 cm³/mol. The third-order valence-electron chi connectivity index (χ3n) is 8.67. The van der Waals surface area contributed by atoms with E-state index in [0.717, 1.165) is 62.3 Å². The van der Waals surface area contributed by atoms with Crippen LogP contribution in [0.5, 0.6) is 0 Å². The summed E-state index contributed by atoms with van der Waals surface area (Å²) in [6.07, 6.45) is 6.59. The van der Waals surface area contributed by atoms with Crippen LogP contribution < -0.4 is 15.5 Å². The average molecular weight is 479 g/mol. The zero-order valence-corrected chi connectivity index (χ0v) is 20.6. The van der Waals surface area contributed by atoms with Crippen molar-refractivity contribution in [1.29, 1.82) is 5.26 Å². The molecule has 1 fully saturated rings. The van der Waals surface area contributed by atoms with Crippen LogP contribution in [0.15, 0.2) is 48.7 Å². The van der Waals surface area contributed by atoms with Crippen molar-refractivity contribution < 1.29 is 4.79 Å². The maximum Gasteiger partial charge on any atom is 0.280 e. The number of piperidine rings is 1. The second-order valence-corrected chi connectivity index (χ2v) is 10.4. The molecule has 1 amide bonds. The predicted octanol–water partition coefficient (Wildman–Crippen LogP) is 4.47. The molecule has 2 aliphatic heterocycles. The first kappa shape index (κ1) is 22.5. The van der Waals surface area contributed by atoms with Crippen molar-refractivity contribution in [3.63, 3.8) is 0 Å². The number of fused-ring (bicyclic) bond motifs is 2. The van der Waals surface area contributed by atoms with E-state index in [0.29, 0.717) is 23.4 Å². The van der Waals surface area contributed by atoms with Crippen LogP contribution in [0, 0.1) is 16.7 Å². The summed E-state index contributed by atoms with van der Waals surface area (Å²) >= 11 is 0. The largest absolute Gasteiger partial charge is 0.382 e. The highest BCUT2D eigenvalue weighted by Gasteiger charge is 2.45. The van der Waals surface area contributed by atoms with E-state index in [1.807, 2.05) is 12.1 Å². The Morgan fingerprint density at radius 3 is 2.69 bits per heavy atom. The molecule has 3 heterocycles. The number of hydrogen-bond donors (Lipinski definition) is 1. The van der Waals surface area contributed by atoms with E-state index in [9.17, 15) is 10.1 Å². The highest BCUT2D eigenvalue weighted by atomic mass is 16.2. The van der Waals surface area contributed by atoms with E-state index in [1.54, 1.807) is 17.2 Å². The standard InChI is InChI=1S/C29H30N6O/c1-19-22-8-3-2-6-20(22)16-29(19)11-14-34(15-12-29)25-18-32-26(27(31)33-25)28(36)35-13-5-9-23-21(17-30)7-4-10-24(23)35/h2-4,6-8,10,18-19H,5,9,11-16H2,1H3,(H2,31,33). The minimum Gasteiger partial charge on any atom is -0.382 e. The van der Waals surface area contributed by atoms with Gasteiger partial charge >= 0.3 is 0 Å². The molecule has 1 aromatic heterocycles. The number of hydrogen-bond acceptors (Lipinski definition) is 6. The number of rotatable bonds is 2. The lowest BCUT2D eigenvalue weighted by atomic mass is 9.70. The van der Waals surface area contributed by atoms with Gasteiger partial charge in [-0.3, -0.25) is 4.79 Å². The highest BCUT2D eigenvalue weighted by molar-refractivity contribution is 6.08. The van der Waals surface area contributed by atoms with Crippen molar-refractivity contribution >= 4 is 23.2 Å². The van der Waals surface area contributed by atoms with Gasteiger partial charge in [-0.05, 0) is 72.3 Å². The van der Waals surface area contributed by atoms with Crippen molar-refractivity contribution in [3.05, 3.63) is 76.6 Å². The number of nitrogen functional groups attached to an aromatic ring is 1. The van der Waals surface area contributed by atoms with Crippen LogP contribution in [-0.2, 0) is 12.8 Å². The smallest absolute Gasteiger partial charge is 0.280 e. The fraction of sp³-hybridized carbons (Fsp3) is 0.379. The van der Waals surface area contributed by atoms with Crippen molar-refractivity contribution in [3.8, 4) is 6.07 Å². The Kier molecular flexibility index (Phi) is 5.40. The van der Waals surface area contributed by atoms with Crippen LogP contribution in [0.4, 0.5) is 17.3 Å². The lowest BCUT2D eigenvalue weighted by molar-refractivity contribution is 0.0981. The maximum atomic E-state index is 13.4. The van der Waals surface area contributed by atoms with Gasteiger partial charge in [-0.25, -0.2) is 9.97 Å². The molecule has 3 aliphatic rings. The number of nitriles is 1. The summed E-state index contributed by atoms with van der Waals surface area (Å²) in [6, 6.07) is 16.6. The lowest BCUT2D eigenvalue weighted by Crippen LogP contribution is -2.42. The molecule has 1 spiro atoms. The summed E-state index contributed by atoms with van der Waals surface area (Å²) in [5, 5.41) is 9.46. The molecule has 1 unspecified atom stereocenters. The summed E-state index contributed by atoms with van der Waals surface area (Å²) in [5.41, 5.74) is 12.1. The van der Waals surface area contributed by atoms with Crippen LogP contribution in [0.3, 0.4) is 0 Å². The molecule has 2 aromatic carbocycles. The van der Waals surface area contributed by atoms with Gasteiger partial charge in [-0.15, -0.1) is 0 Å². The van der Waals surface area contributed by atoms with E-state index in [4.69, 9.17) is 5.73 Å². The molecule has 1 atom stereocenters.